The highest BCUT2D eigenvalue weighted by Crippen LogP contribution is 2.32. The van der Waals surface area contributed by atoms with E-state index in [4.69, 9.17) is 22.1 Å². The van der Waals surface area contributed by atoms with Gasteiger partial charge in [-0.1, -0.05) is 11.6 Å². The molecule has 0 unspecified atom stereocenters. The van der Waals surface area contributed by atoms with E-state index in [1.165, 1.54) is 0 Å². The zero-order valence-corrected chi connectivity index (χ0v) is 14.1. The number of aromatic nitrogens is 2. The van der Waals surface area contributed by atoms with E-state index in [0.29, 0.717) is 22.3 Å². The summed E-state index contributed by atoms with van der Waals surface area (Å²) in [4.78, 5) is 0. The summed E-state index contributed by atoms with van der Waals surface area (Å²) in [5.74, 6) is 1.17. The number of aryl methyl sites for hydroxylation is 1. The van der Waals surface area contributed by atoms with Gasteiger partial charge in [0.05, 0.1) is 10.2 Å². The Bertz CT molecular complexity index is 815. The topological polar surface area (TPSA) is 53.1 Å². The molecule has 0 saturated heterocycles. The van der Waals surface area contributed by atoms with Gasteiger partial charge in [0.1, 0.15) is 5.75 Å². The Morgan fingerprint density at radius 1 is 1.18 bits per heavy atom. The highest BCUT2D eigenvalue weighted by atomic mass is 79.9. The number of halogens is 2. The van der Waals surface area contributed by atoms with Gasteiger partial charge in [0.15, 0.2) is 0 Å². The van der Waals surface area contributed by atoms with Crippen molar-refractivity contribution in [2.45, 2.75) is 6.92 Å². The van der Waals surface area contributed by atoms with Crippen LogP contribution in [0.5, 0.6) is 11.6 Å². The van der Waals surface area contributed by atoms with E-state index in [9.17, 15) is 0 Å². The maximum Gasteiger partial charge on any atom is 0.238 e. The van der Waals surface area contributed by atoms with Crippen LogP contribution in [0.25, 0.3) is 5.69 Å². The molecule has 0 bridgehead atoms. The first-order chi connectivity index (χ1) is 10.5. The predicted octanol–water partition coefficient (Wildman–Crippen LogP) is 4.97. The van der Waals surface area contributed by atoms with E-state index in [1.807, 2.05) is 49.5 Å². The molecule has 0 atom stereocenters. The van der Waals surface area contributed by atoms with Crippen molar-refractivity contribution in [2.24, 2.45) is 0 Å². The summed E-state index contributed by atoms with van der Waals surface area (Å²) in [7, 11) is 0. The molecule has 6 heteroatoms. The van der Waals surface area contributed by atoms with Gasteiger partial charge >= 0.3 is 0 Å². The van der Waals surface area contributed by atoms with E-state index >= 15 is 0 Å². The second-order valence-corrected chi connectivity index (χ2v) is 6.11. The van der Waals surface area contributed by atoms with E-state index in [0.717, 1.165) is 15.7 Å². The van der Waals surface area contributed by atoms with Crippen molar-refractivity contribution < 1.29 is 4.74 Å². The van der Waals surface area contributed by atoms with Crippen LogP contribution < -0.4 is 10.5 Å². The zero-order valence-electron chi connectivity index (χ0n) is 11.8. The van der Waals surface area contributed by atoms with Crippen LogP contribution in [0.4, 0.5) is 5.69 Å². The van der Waals surface area contributed by atoms with Crippen molar-refractivity contribution >= 4 is 33.2 Å². The number of rotatable bonds is 3. The van der Waals surface area contributed by atoms with E-state index in [1.54, 1.807) is 10.7 Å². The summed E-state index contributed by atoms with van der Waals surface area (Å²) in [6.07, 6.45) is 1.83. The van der Waals surface area contributed by atoms with Gasteiger partial charge in [0.2, 0.25) is 5.88 Å². The van der Waals surface area contributed by atoms with Gasteiger partial charge in [-0.15, -0.1) is 5.10 Å². The van der Waals surface area contributed by atoms with Crippen LogP contribution in [0, 0.1) is 6.92 Å². The summed E-state index contributed by atoms with van der Waals surface area (Å²) < 4.78 is 8.32. The summed E-state index contributed by atoms with van der Waals surface area (Å²) in [6.45, 7) is 1.93. The fourth-order valence-corrected chi connectivity index (χ4v) is 2.53. The Labute approximate surface area is 141 Å². The predicted molar refractivity (Wildman–Crippen MR) is 91.9 cm³/mol. The quantitative estimate of drug-likeness (QED) is 0.655. The number of hydrogen-bond donors (Lipinski definition) is 1. The number of nitrogen functional groups attached to an aromatic ring is 1. The molecule has 0 fully saturated rings. The summed E-state index contributed by atoms with van der Waals surface area (Å²) in [6, 6.07) is 12.9. The monoisotopic (exact) mass is 377 g/mol. The van der Waals surface area contributed by atoms with Crippen LogP contribution >= 0.6 is 27.5 Å². The number of ether oxygens (including phenoxy) is 1. The minimum Gasteiger partial charge on any atom is -0.436 e. The first-order valence-electron chi connectivity index (χ1n) is 6.58. The molecule has 1 heterocycles. The summed E-state index contributed by atoms with van der Waals surface area (Å²) >= 11 is 9.33. The maximum atomic E-state index is 5.89. The Morgan fingerprint density at radius 3 is 2.64 bits per heavy atom. The Hall–Kier alpha value is -1.98. The van der Waals surface area contributed by atoms with E-state index < -0.39 is 0 Å². The second-order valence-electron chi connectivity index (χ2n) is 4.82. The molecule has 4 nitrogen and oxygen atoms in total. The molecule has 0 spiro atoms. The van der Waals surface area contributed by atoms with Crippen LogP contribution in [-0.2, 0) is 0 Å². The molecule has 0 aliphatic heterocycles. The minimum atomic E-state index is 0.500. The van der Waals surface area contributed by atoms with E-state index in [2.05, 4.69) is 21.0 Å². The smallest absolute Gasteiger partial charge is 0.238 e. The minimum absolute atomic E-state index is 0.500. The van der Waals surface area contributed by atoms with Gasteiger partial charge in [0.25, 0.3) is 0 Å². The third-order valence-corrected chi connectivity index (χ3v) is 4.06. The molecule has 0 aliphatic rings. The lowest BCUT2D eigenvalue weighted by Gasteiger charge is -2.08. The Balaban J connectivity index is 1.86. The molecular formula is C16H13BrClN3O. The molecule has 0 radical (unpaired) electrons. The largest absolute Gasteiger partial charge is 0.436 e. The van der Waals surface area contributed by atoms with Crippen LogP contribution in [-0.4, -0.2) is 9.78 Å². The normalized spacial score (nSPS) is 10.7. The molecule has 0 saturated carbocycles. The number of anilines is 1. The number of nitrogens with two attached hydrogens (primary N) is 1. The maximum absolute atomic E-state index is 5.89. The number of hydrogen-bond acceptors (Lipinski definition) is 3. The van der Waals surface area contributed by atoms with Crippen molar-refractivity contribution in [2.75, 3.05) is 5.73 Å². The van der Waals surface area contributed by atoms with Gasteiger partial charge in [-0.05, 0) is 64.8 Å². The zero-order chi connectivity index (χ0) is 15.7. The molecule has 3 rings (SSSR count). The Kier molecular flexibility index (Phi) is 4.09. The summed E-state index contributed by atoms with van der Waals surface area (Å²) in [5.41, 5.74) is 8.44. The highest BCUT2D eigenvalue weighted by Gasteiger charge is 2.08. The lowest BCUT2D eigenvalue weighted by Crippen LogP contribution is -1.96. The van der Waals surface area contributed by atoms with Crippen molar-refractivity contribution in [3.05, 3.63) is 63.7 Å². The number of benzene rings is 2. The first-order valence-corrected chi connectivity index (χ1v) is 7.75. The lowest BCUT2D eigenvalue weighted by atomic mass is 10.2. The fourth-order valence-electron chi connectivity index (χ4n) is 1.96. The van der Waals surface area contributed by atoms with Crippen LogP contribution in [0.15, 0.2) is 53.1 Å². The molecule has 22 heavy (non-hydrogen) atoms. The van der Waals surface area contributed by atoms with Gasteiger partial charge in [-0.3, -0.25) is 0 Å². The van der Waals surface area contributed by atoms with Gasteiger partial charge < -0.3 is 10.5 Å². The molecule has 112 valence electrons. The van der Waals surface area contributed by atoms with Crippen molar-refractivity contribution in [1.29, 1.82) is 0 Å². The Morgan fingerprint density at radius 2 is 1.91 bits per heavy atom. The van der Waals surface area contributed by atoms with Crippen molar-refractivity contribution in [3.8, 4) is 17.3 Å². The molecule has 2 N–H and O–H groups in total. The van der Waals surface area contributed by atoms with Crippen molar-refractivity contribution in [3.63, 3.8) is 0 Å². The van der Waals surface area contributed by atoms with Gasteiger partial charge in [0, 0.05) is 23.0 Å². The average molecular weight is 379 g/mol. The fraction of sp³-hybridized carbons (Fsp3) is 0.0625. The molecule has 0 aliphatic carbocycles. The first kappa shape index (κ1) is 14.9. The van der Waals surface area contributed by atoms with Gasteiger partial charge in [-0.25, -0.2) is 4.68 Å². The SMILES string of the molecule is Cc1cc(Oc2ccn(-c3ccc(Cl)cc3)n2)c(Br)cc1N. The van der Waals surface area contributed by atoms with Gasteiger partial charge in [-0.2, -0.15) is 0 Å². The number of nitrogens with zero attached hydrogens (tertiary/aromatic N) is 2. The lowest BCUT2D eigenvalue weighted by molar-refractivity contribution is 0.454. The molecular weight excluding hydrogens is 366 g/mol. The van der Waals surface area contributed by atoms with Crippen LogP contribution in [0.1, 0.15) is 5.56 Å². The van der Waals surface area contributed by atoms with Crippen LogP contribution in [0.3, 0.4) is 0 Å². The van der Waals surface area contributed by atoms with Crippen LogP contribution in [0.2, 0.25) is 5.02 Å². The molecule has 3 aromatic rings. The molecule has 1 aromatic heterocycles. The third-order valence-electron chi connectivity index (χ3n) is 3.19. The second kappa shape index (κ2) is 6.02. The van der Waals surface area contributed by atoms with Crippen molar-refractivity contribution in [1.82, 2.24) is 9.78 Å². The summed E-state index contributed by atoms with van der Waals surface area (Å²) in [5, 5.41) is 5.09. The molecule has 0 amide bonds. The average Bonchev–Trinajstić information content (AvgIpc) is 2.94. The third kappa shape index (κ3) is 3.10. The van der Waals surface area contributed by atoms with E-state index in [-0.39, 0.29) is 0 Å². The molecule has 2 aromatic carbocycles. The standard InChI is InChI=1S/C16H13BrClN3O/c1-10-8-15(13(17)9-14(10)19)22-16-6-7-21(20-16)12-4-2-11(18)3-5-12/h2-9H,19H2,1H3. The highest BCUT2D eigenvalue weighted by molar-refractivity contribution is 9.10.